The molecular formula is C21H11F2NO4S2. The first-order chi connectivity index (χ1) is 14.3. The Kier molecular flexibility index (Phi) is 5.23. The smallest absolute Gasteiger partial charge is 0.335 e. The van der Waals surface area contributed by atoms with E-state index in [1.165, 1.54) is 41.3 Å². The summed E-state index contributed by atoms with van der Waals surface area (Å²) < 4.78 is 32.5. The summed E-state index contributed by atoms with van der Waals surface area (Å²) in [6.07, 6.45) is 1.51. The fourth-order valence-electron chi connectivity index (χ4n) is 2.81. The first-order valence-electron chi connectivity index (χ1n) is 8.50. The largest absolute Gasteiger partial charge is 0.478 e. The second kappa shape index (κ2) is 7.85. The molecule has 1 fully saturated rings. The maximum absolute atomic E-state index is 13.4. The lowest BCUT2D eigenvalue weighted by molar-refractivity contribution is -0.113. The number of aromatic carboxylic acids is 1. The van der Waals surface area contributed by atoms with Gasteiger partial charge in [-0.1, -0.05) is 24.0 Å². The molecule has 1 saturated heterocycles. The van der Waals surface area contributed by atoms with E-state index in [2.05, 4.69) is 0 Å². The van der Waals surface area contributed by atoms with Crippen LogP contribution < -0.4 is 4.90 Å². The number of hydrogen-bond donors (Lipinski definition) is 1. The average molecular weight is 443 g/mol. The molecule has 30 heavy (non-hydrogen) atoms. The minimum absolute atomic E-state index is 0.0973. The summed E-state index contributed by atoms with van der Waals surface area (Å²) in [5.41, 5.74) is 0.910. The molecular weight excluding hydrogens is 432 g/mol. The Bertz CT molecular complexity index is 1220. The third-order valence-electron chi connectivity index (χ3n) is 4.27. The van der Waals surface area contributed by atoms with E-state index < -0.39 is 17.6 Å². The Morgan fingerprint density at radius 2 is 1.80 bits per heavy atom. The Morgan fingerprint density at radius 1 is 1.07 bits per heavy atom. The van der Waals surface area contributed by atoms with Gasteiger partial charge >= 0.3 is 5.97 Å². The molecule has 0 saturated carbocycles. The summed E-state index contributed by atoms with van der Waals surface area (Å²) in [5.74, 6) is -2.72. The van der Waals surface area contributed by atoms with Gasteiger partial charge in [0.2, 0.25) is 0 Å². The van der Waals surface area contributed by atoms with Crippen molar-refractivity contribution < 1.29 is 27.9 Å². The van der Waals surface area contributed by atoms with Gasteiger partial charge in [-0.15, -0.1) is 0 Å². The summed E-state index contributed by atoms with van der Waals surface area (Å²) in [5, 5.41) is 8.99. The van der Waals surface area contributed by atoms with Gasteiger partial charge in [-0.25, -0.2) is 13.6 Å². The van der Waals surface area contributed by atoms with Crippen LogP contribution >= 0.6 is 24.0 Å². The summed E-state index contributed by atoms with van der Waals surface area (Å²) in [6, 6.07) is 12.4. The molecule has 3 aromatic rings. The molecule has 0 spiro atoms. The second-order valence-corrected chi connectivity index (χ2v) is 7.88. The Morgan fingerprint density at radius 3 is 2.47 bits per heavy atom. The zero-order valence-corrected chi connectivity index (χ0v) is 16.6. The fourth-order valence-corrected chi connectivity index (χ4v) is 4.09. The normalized spacial score (nSPS) is 15.3. The second-order valence-electron chi connectivity index (χ2n) is 6.20. The molecule has 1 aliphatic rings. The monoisotopic (exact) mass is 443 g/mol. The number of carboxylic acids is 1. The summed E-state index contributed by atoms with van der Waals surface area (Å²) in [4.78, 5) is 25.4. The lowest BCUT2D eigenvalue weighted by Crippen LogP contribution is -2.27. The van der Waals surface area contributed by atoms with Crippen LogP contribution in [0.15, 0.2) is 63.9 Å². The Labute approximate surface area is 178 Å². The van der Waals surface area contributed by atoms with Gasteiger partial charge < -0.3 is 9.52 Å². The van der Waals surface area contributed by atoms with Crippen LogP contribution in [0.3, 0.4) is 0 Å². The van der Waals surface area contributed by atoms with Crippen molar-refractivity contribution in [3.8, 4) is 11.3 Å². The zero-order valence-electron chi connectivity index (χ0n) is 15.0. The number of carbonyl (C=O) groups is 2. The number of anilines is 1. The van der Waals surface area contributed by atoms with E-state index in [-0.39, 0.29) is 11.5 Å². The van der Waals surface area contributed by atoms with Crippen LogP contribution in [-0.2, 0) is 4.79 Å². The number of thiocarbonyl (C=S) groups is 1. The van der Waals surface area contributed by atoms with Crippen LogP contribution in [0.5, 0.6) is 0 Å². The Balaban J connectivity index is 1.58. The predicted octanol–water partition coefficient (Wildman–Crippen LogP) is 5.33. The van der Waals surface area contributed by atoms with E-state index in [4.69, 9.17) is 21.7 Å². The van der Waals surface area contributed by atoms with Crippen molar-refractivity contribution >= 4 is 51.9 Å². The van der Waals surface area contributed by atoms with Gasteiger partial charge in [0.25, 0.3) is 5.91 Å². The van der Waals surface area contributed by atoms with E-state index in [1.54, 1.807) is 12.1 Å². The molecule has 0 atom stereocenters. The van der Waals surface area contributed by atoms with Gasteiger partial charge in [0.15, 0.2) is 16.0 Å². The standard InChI is InChI=1S/C21H11F2NO4S2/c22-15-7-3-12(9-16(15)23)17-8-6-14(28-17)10-18-19(25)24(21(29)30-18)13-4-1-11(2-5-13)20(26)27/h1-10H,(H,26,27)/b18-10-. The third-order valence-corrected chi connectivity index (χ3v) is 5.57. The first kappa shape index (κ1) is 20.0. The maximum Gasteiger partial charge on any atom is 0.335 e. The van der Waals surface area contributed by atoms with Crippen molar-refractivity contribution in [2.24, 2.45) is 0 Å². The Hall–Kier alpha value is -3.30. The number of thioether (sulfide) groups is 1. The number of rotatable bonds is 4. The van der Waals surface area contributed by atoms with Crippen molar-refractivity contribution in [2.45, 2.75) is 0 Å². The van der Waals surface area contributed by atoms with Gasteiger partial charge in [-0.3, -0.25) is 9.69 Å². The van der Waals surface area contributed by atoms with Crippen LogP contribution in [0.2, 0.25) is 0 Å². The molecule has 1 aliphatic heterocycles. The van der Waals surface area contributed by atoms with Crippen LogP contribution in [0.4, 0.5) is 14.5 Å². The molecule has 9 heteroatoms. The van der Waals surface area contributed by atoms with E-state index in [0.29, 0.717) is 32.0 Å². The quantitative estimate of drug-likeness (QED) is 0.434. The molecule has 0 bridgehead atoms. The summed E-state index contributed by atoms with van der Waals surface area (Å²) in [6.45, 7) is 0. The van der Waals surface area contributed by atoms with Crippen molar-refractivity contribution in [1.29, 1.82) is 0 Å². The zero-order chi connectivity index (χ0) is 21.4. The minimum atomic E-state index is -1.07. The van der Waals surface area contributed by atoms with Crippen molar-refractivity contribution in [3.05, 3.63) is 82.5 Å². The molecule has 2 heterocycles. The molecule has 1 aromatic heterocycles. The number of benzene rings is 2. The lowest BCUT2D eigenvalue weighted by Gasteiger charge is -2.14. The van der Waals surface area contributed by atoms with Crippen LogP contribution in [0.25, 0.3) is 17.4 Å². The number of nitrogens with zero attached hydrogens (tertiary/aromatic N) is 1. The molecule has 5 nitrogen and oxygen atoms in total. The topological polar surface area (TPSA) is 70.8 Å². The van der Waals surface area contributed by atoms with Crippen molar-refractivity contribution in [3.63, 3.8) is 0 Å². The highest BCUT2D eigenvalue weighted by molar-refractivity contribution is 8.27. The maximum atomic E-state index is 13.4. The number of amides is 1. The molecule has 4 rings (SSSR count). The lowest BCUT2D eigenvalue weighted by atomic mass is 10.1. The molecule has 150 valence electrons. The predicted molar refractivity (Wildman–Crippen MR) is 113 cm³/mol. The molecule has 1 N–H and O–H groups in total. The fraction of sp³-hybridized carbons (Fsp3) is 0. The average Bonchev–Trinajstić information content (AvgIpc) is 3.29. The van der Waals surface area contributed by atoms with Crippen LogP contribution in [0, 0.1) is 11.6 Å². The van der Waals surface area contributed by atoms with Gasteiger partial charge in [-0.2, -0.15) is 0 Å². The number of hydrogen-bond acceptors (Lipinski definition) is 5. The third kappa shape index (κ3) is 3.77. The molecule has 0 radical (unpaired) electrons. The molecule has 2 aromatic carbocycles. The number of carboxylic acid groups (broad SMARTS) is 1. The highest BCUT2D eigenvalue weighted by atomic mass is 32.2. The van der Waals surface area contributed by atoms with E-state index in [0.717, 1.165) is 23.9 Å². The van der Waals surface area contributed by atoms with Gasteiger partial charge in [0.1, 0.15) is 11.5 Å². The number of carbonyl (C=O) groups excluding carboxylic acids is 1. The van der Waals surface area contributed by atoms with E-state index in [9.17, 15) is 18.4 Å². The van der Waals surface area contributed by atoms with Crippen molar-refractivity contribution in [2.75, 3.05) is 4.90 Å². The van der Waals surface area contributed by atoms with Crippen molar-refractivity contribution in [1.82, 2.24) is 0 Å². The number of halogens is 2. The van der Waals surface area contributed by atoms with Gasteiger partial charge in [0, 0.05) is 11.6 Å². The first-order valence-corrected chi connectivity index (χ1v) is 9.72. The minimum Gasteiger partial charge on any atom is -0.478 e. The van der Waals surface area contributed by atoms with Gasteiger partial charge in [0.05, 0.1) is 16.2 Å². The highest BCUT2D eigenvalue weighted by Crippen LogP contribution is 2.36. The van der Waals surface area contributed by atoms with Crippen LogP contribution in [0.1, 0.15) is 16.1 Å². The van der Waals surface area contributed by atoms with E-state index >= 15 is 0 Å². The van der Waals surface area contributed by atoms with Gasteiger partial charge in [-0.05, 0) is 54.6 Å². The molecule has 0 aliphatic carbocycles. The number of furan rings is 1. The molecule has 1 amide bonds. The molecule has 0 unspecified atom stereocenters. The highest BCUT2D eigenvalue weighted by Gasteiger charge is 2.33. The van der Waals surface area contributed by atoms with E-state index in [1.807, 2.05) is 0 Å². The van der Waals surface area contributed by atoms with Crippen LogP contribution in [-0.4, -0.2) is 21.3 Å². The summed E-state index contributed by atoms with van der Waals surface area (Å²) in [7, 11) is 0. The SMILES string of the molecule is O=C(O)c1ccc(N2C(=O)/C(=C/c3ccc(-c4ccc(F)c(F)c4)o3)SC2=S)cc1. The summed E-state index contributed by atoms with van der Waals surface area (Å²) >= 11 is 6.36.